The molecule has 19 heavy (non-hydrogen) atoms. The van der Waals surface area contributed by atoms with Crippen LogP contribution in [-0.2, 0) is 0 Å². The van der Waals surface area contributed by atoms with Gasteiger partial charge in [0.15, 0.2) is 0 Å². The molecule has 0 saturated carbocycles. The molecule has 1 aliphatic heterocycles. The summed E-state index contributed by atoms with van der Waals surface area (Å²) in [4.78, 5) is 27.0. The largest absolute Gasteiger partial charge is 0.329 e. The van der Waals surface area contributed by atoms with Crippen LogP contribution in [0.2, 0.25) is 0 Å². The maximum Gasteiger partial charge on any atom is 0.329 e. The minimum atomic E-state index is -0.482. The lowest BCUT2D eigenvalue weighted by atomic mass is 10.1. The van der Waals surface area contributed by atoms with Crippen LogP contribution in [0.15, 0.2) is 27.8 Å². The van der Waals surface area contributed by atoms with Crippen LogP contribution in [-0.4, -0.2) is 22.6 Å². The summed E-state index contributed by atoms with van der Waals surface area (Å²) in [7, 11) is 0. The number of aromatic nitrogens is 2. The maximum atomic E-state index is 13.2. The fourth-order valence-electron chi connectivity index (χ4n) is 2.59. The normalized spacial score (nSPS) is 19.7. The average molecular weight is 263 g/mol. The first kappa shape index (κ1) is 12.1. The number of hydrogen-bond donors (Lipinski definition) is 2. The van der Waals surface area contributed by atoms with E-state index in [-0.39, 0.29) is 11.4 Å². The number of aromatic amines is 1. The van der Waals surface area contributed by atoms with Crippen molar-refractivity contribution in [3.63, 3.8) is 0 Å². The van der Waals surface area contributed by atoms with Crippen LogP contribution in [0.25, 0.3) is 10.9 Å². The molecule has 0 spiro atoms. The van der Waals surface area contributed by atoms with Gasteiger partial charge in [0.25, 0.3) is 5.56 Å². The number of hydrogen-bond acceptors (Lipinski definition) is 3. The second-order valence-electron chi connectivity index (χ2n) is 4.80. The molecule has 2 aromatic rings. The summed E-state index contributed by atoms with van der Waals surface area (Å²) in [5.74, 6) is -0.482. The molecule has 1 saturated heterocycles. The summed E-state index contributed by atoms with van der Waals surface area (Å²) in [5.41, 5.74) is -0.485. The van der Waals surface area contributed by atoms with Gasteiger partial charge >= 0.3 is 5.69 Å². The number of halogens is 1. The highest BCUT2D eigenvalue weighted by molar-refractivity contribution is 5.77. The van der Waals surface area contributed by atoms with Gasteiger partial charge in [0.2, 0.25) is 0 Å². The summed E-state index contributed by atoms with van der Waals surface area (Å²) >= 11 is 0. The Morgan fingerprint density at radius 1 is 1.32 bits per heavy atom. The second-order valence-corrected chi connectivity index (χ2v) is 4.80. The molecular weight excluding hydrogens is 249 g/mol. The first-order valence-corrected chi connectivity index (χ1v) is 6.31. The Kier molecular flexibility index (Phi) is 2.94. The van der Waals surface area contributed by atoms with Crippen molar-refractivity contribution in [1.82, 2.24) is 14.9 Å². The molecule has 1 aromatic carbocycles. The van der Waals surface area contributed by atoms with Gasteiger partial charge in [-0.05, 0) is 37.6 Å². The molecule has 2 N–H and O–H groups in total. The topological polar surface area (TPSA) is 66.9 Å². The summed E-state index contributed by atoms with van der Waals surface area (Å²) in [5, 5.41) is 3.37. The molecular formula is C13H14FN3O2. The van der Waals surface area contributed by atoms with Gasteiger partial charge in [-0.3, -0.25) is 9.36 Å². The quantitative estimate of drug-likeness (QED) is 0.798. The molecule has 6 heteroatoms. The van der Waals surface area contributed by atoms with Crippen molar-refractivity contribution >= 4 is 10.9 Å². The van der Waals surface area contributed by atoms with Crippen molar-refractivity contribution in [1.29, 1.82) is 0 Å². The number of nitrogens with one attached hydrogen (secondary N) is 2. The number of H-pyrrole nitrogens is 1. The summed E-state index contributed by atoms with van der Waals surface area (Å²) in [6, 6.07) is 3.64. The van der Waals surface area contributed by atoms with Crippen LogP contribution in [0.4, 0.5) is 4.39 Å². The van der Waals surface area contributed by atoms with E-state index in [1.807, 2.05) is 0 Å². The van der Waals surface area contributed by atoms with E-state index in [0.717, 1.165) is 19.4 Å². The first-order valence-electron chi connectivity index (χ1n) is 6.31. The highest BCUT2D eigenvalue weighted by Gasteiger charge is 2.19. The molecule has 0 bridgehead atoms. The van der Waals surface area contributed by atoms with Gasteiger partial charge in [0.1, 0.15) is 5.82 Å². The molecule has 1 aliphatic rings. The van der Waals surface area contributed by atoms with E-state index in [4.69, 9.17) is 0 Å². The van der Waals surface area contributed by atoms with Crippen molar-refractivity contribution in [3.8, 4) is 0 Å². The van der Waals surface area contributed by atoms with E-state index in [9.17, 15) is 14.0 Å². The molecule has 1 unspecified atom stereocenters. The molecule has 100 valence electrons. The first-order chi connectivity index (χ1) is 9.16. The zero-order chi connectivity index (χ0) is 13.4. The van der Waals surface area contributed by atoms with Gasteiger partial charge in [0.05, 0.1) is 16.9 Å². The third-order valence-electron chi connectivity index (χ3n) is 3.53. The van der Waals surface area contributed by atoms with Crippen LogP contribution >= 0.6 is 0 Å². The lowest BCUT2D eigenvalue weighted by Gasteiger charge is -2.24. The van der Waals surface area contributed by atoms with Crippen LogP contribution in [0.3, 0.4) is 0 Å². The van der Waals surface area contributed by atoms with Crippen LogP contribution in [0.5, 0.6) is 0 Å². The molecule has 2 heterocycles. The second kappa shape index (κ2) is 4.62. The van der Waals surface area contributed by atoms with Crippen LogP contribution in [0, 0.1) is 5.82 Å². The van der Waals surface area contributed by atoms with Gasteiger partial charge in [-0.2, -0.15) is 0 Å². The van der Waals surface area contributed by atoms with Gasteiger partial charge in [0, 0.05) is 6.54 Å². The number of nitrogens with zero attached hydrogens (tertiary/aromatic N) is 1. The van der Waals surface area contributed by atoms with E-state index in [1.165, 1.54) is 22.8 Å². The van der Waals surface area contributed by atoms with E-state index in [2.05, 4.69) is 10.3 Å². The van der Waals surface area contributed by atoms with Crippen molar-refractivity contribution in [2.24, 2.45) is 0 Å². The Morgan fingerprint density at radius 3 is 2.89 bits per heavy atom. The van der Waals surface area contributed by atoms with Gasteiger partial charge in [-0.15, -0.1) is 0 Å². The molecule has 5 nitrogen and oxygen atoms in total. The van der Waals surface area contributed by atoms with Crippen molar-refractivity contribution < 1.29 is 4.39 Å². The number of benzene rings is 1. The van der Waals surface area contributed by atoms with Crippen molar-refractivity contribution in [2.75, 3.05) is 13.1 Å². The van der Waals surface area contributed by atoms with Gasteiger partial charge in [-0.1, -0.05) is 0 Å². The van der Waals surface area contributed by atoms with E-state index < -0.39 is 17.1 Å². The fourth-order valence-corrected chi connectivity index (χ4v) is 2.59. The minimum absolute atomic E-state index is 0.169. The predicted octanol–water partition coefficient (Wildman–Crippen LogP) is 0.753. The van der Waals surface area contributed by atoms with Crippen molar-refractivity contribution in [3.05, 3.63) is 44.9 Å². The monoisotopic (exact) mass is 263 g/mol. The summed E-state index contributed by atoms with van der Waals surface area (Å²) < 4.78 is 14.4. The lowest BCUT2D eigenvalue weighted by molar-refractivity contribution is 0.355. The number of rotatable bonds is 1. The lowest BCUT2D eigenvalue weighted by Crippen LogP contribution is -2.43. The van der Waals surface area contributed by atoms with Gasteiger partial charge < -0.3 is 10.3 Å². The minimum Gasteiger partial charge on any atom is -0.315 e. The average Bonchev–Trinajstić information content (AvgIpc) is 2.41. The molecule has 1 aromatic heterocycles. The highest BCUT2D eigenvalue weighted by atomic mass is 19.1. The Hall–Kier alpha value is -1.95. The third kappa shape index (κ3) is 2.08. The Morgan fingerprint density at radius 2 is 2.16 bits per heavy atom. The summed E-state index contributed by atoms with van der Waals surface area (Å²) in [6.45, 7) is 1.48. The molecule has 3 rings (SSSR count). The SMILES string of the molecule is O=c1[nH]c2ccc(F)cc2c(=O)n1C1CCCNC1. The predicted molar refractivity (Wildman–Crippen MR) is 69.9 cm³/mol. The smallest absolute Gasteiger partial charge is 0.315 e. The third-order valence-corrected chi connectivity index (χ3v) is 3.53. The van der Waals surface area contributed by atoms with Crippen LogP contribution in [0.1, 0.15) is 18.9 Å². The molecule has 0 amide bonds. The number of piperidine rings is 1. The Labute approximate surface area is 108 Å². The molecule has 1 atom stereocenters. The zero-order valence-corrected chi connectivity index (χ0v) is 10.3. The van der Waals surface area contributed by atoms with Gasteiger partial charge in [-0.25, -0.2) is 9.18 Å². The van der Waals surface area contributed by atoms with Crippen LogP contribution < -0.4 is 16.6 Å². The Bertz CT molecular complexity index is 729. The maximum absolute atomic E-state index is 13.2. The van der Waals surface area contributed by atoms with E-state index in [0.29, 0.717) is 12.1 Å². The standard InChI is InChI=1S/C13H14FN3O2/c14-8-3-4-11-10(6-8)12(18)17(13(19)16-11)9-2-1-5-15-7-9/h3-4,6,9,15H,1-2,5,7H2,(H,16,19). The van der Waals surface area contributed by atoms with E-state index >= 15 is 0 Å². The molecule has 0 radical (unpaired) electrons. The zero-order valence-electron chi connectivity index (χ0n) is 10.3. The highest BCUT2D eigenvalue weighted by Crippen LogP contribution is 2.14. The van der Waals surface area contributed by atoms with E-state index in [1.54, 1.807) is 0 Å². The van der Waals surface area contributed by atoms with Crippen molar-refractivity contribution in [2.45, 2.75) is 18.9 Å². The fraction of sp³-hybridized carbons (Fsp3) is 0.385. The number of fused-ring (bicyclic) bond motifs is 1. The molecule has 0 aliphatic carbocycles. The molecule has 1 fully saturated rings. The Balaban J connectivity index is 2.24. The summed E-state index contributed by atoms with van der Waals surface area (Å²) in [6.07, 6.45) is 1.69.